The lowest BCUT2D eigenvalue weighted by atomic mass is 10.2. The fraction of sp³-hybridized carbons (Fsp3) is 0.588. The summed E-state index contributed by atoms with van der Waals surface area (Å²) < 4.78 is 8.05. The maximum atomic E-state index is 8.97. The van der Waals surface area contributed by atoms with Crippen LogP contribution < -0.4 is 0 Å². The zero-order valence-electron chi connectivity index (χ0n) is 14.6. The van der Waals surface area contributed by atoms with Crippen LogP contribution in [0, 0.1) is 11.3 Å². The van der Waals surface area contributed by atoms with Crippen LogP contribution in [0.4, 0.5) is 0 Å². The minimum absolute atomic E-state index is 0.311. The Morgan fingerprint density at radius 1 is 1.30 bits per heavy atom. The van der Waals surface area contributed by atoms with Gasteiger partial charge in [-0.15, -0.1) is 0 Å². The Labute approximate surface area is 139 Å². The van der Waals surface area contributed by atoms with Crippen molar-refractivity contribution in [1.29, 1.82) is 5.26 Å². The van der Waals surface area contributed by atoms with Crippen molar-refractivity contribution < 1.29 is 4.74 Å². The topological polar surface area (TPSA) is 63.7 Å². The summed E-state index contributed by atoms with van der Waals surface area (Å²) in [6.45, 7) is 10.5. The molecule has 0 aliphatic heterocycles. The van der Waals surface area contributed by atoms with E-state index >= 15 is 0 Å². The summed E-state index contributed by atoms with van der Waals surface area (Å²) in [6.07, 6.45) is 3.89. The van der Waals surface area contributed by atoms with E-state index in [1.807, 2.05) is 0 Å². The lowest BCUT2D eigenvalue weighted by molar-refractivity contribution is 0.0880. The van der Waals surface area contributed by atoms with Crippen molar-refractivity contribution in [2.45, 2.75) is 58.6 Å². The van der Waals surface area contributed by atoms with E-state index in [-0.39, 0.29) is 0 Å². The third-order valence-electron chi connectivity index (χ3n) is 3.83. The summed E-state index contributed by atoms with van der Waals surface area (Å²) in [5.41, 5.74) is 2.88. The van der Waals surface area contributed by atoms with Crippen molar-refractivity contribution in [3.8, 4) is 6.07 Å². The maximum Gasteiger partial charge on any atom is 0.145 e. The molecule has 0 bridgehead atoms. The van der Waals surface area contributed by atoms with Crippen LogP contribution in [0.2, 0.25) is 25.7 Å². The molecule has 0 unspecified atom stereocenters. The van der Waals surface area contributed by atoms with Gasteiger partial charge in [-0.2, -0.15) is 5.26 Å². The van der Waals surface area contributed by atoms with E-state index in [4.69, 9.17) is 10.00 Å². The normalized spacial score (nSPS) is 11.8. The zero-order chi connectivity index (χ0) is 16.9. The molecule has 2 rings (SSSR count). The van der Waals surface area contributed by atoms with Gasteiger partial charge in [-0.25, -0.2) is 9.97 Å². The first-order valence-electron chi connectivity index (χ1n) is 8.23. The average molecular weight is 331 g/mol. The van der Waals surface area contributed by atoms with Gasteiger partial charge >= 0.3 is 0 Å². The average Bonchev–Trinajstić information content (AvgIpc) is 2.82. The molecule has 2 aromatic rings. The van der Waals surface area contributed by atoms with Crippen LogP contribution in [0.15, 0.2) is 12.4 Å². The molecule has 0 aliphatic rings. The minimum Gasteiger partial charge on any atom is -0.361 e. The molecule has 0 aliphatic carbocycles. The first kappa shape index (κ1) is 17.6. The van der Waals surface area contributed by atoms with Gasteiger partial charge in [0, 0.05) is 25.8 Å². The number of ether oxygens (including phenoxy) is 1. The van der Waals surface area contributed by atoms with Crippen molar-refractivity contribution in [3.63, 3.8) is 0 Å². The fourth-order valence-electron chi connectivity index (χ4n) is 2.52. The van der Waals surface area contributed by atoms with Gasteiger partial charge < -0.3 is 9.30 Å². The molecule has 0 saturated carbocycles. The van der Waals surface area contributed by atoms with Crippen molar-refractivity contribution in [2.24, 2.45) is 0 Å². The molecule has 0 fully saturated rings. The standard InChI is InChI=1S/C17H26N4OSi/c1-5-6-14-11-15-16(7-8-18)19-12-20-17(15)21(14)13-22-9-10-23(2,3)4/h11-12H,5-7,9-10,13H2,1-4H3. The number of hydrogen-bond acceptors (Lipinski definition) is 4. The highest BCUT2D eigenvalue weighted by molar-refractivity contribution is 6.76. The Balaban J connectivity index is 2.24. The fourth-order valence-corrected chi connectivity index (χ4v) is 3.28. The molecule has 0 spiro atoms. The number of aryl methyl sites for hydroxylation is 1. The molecule has 23 heavy (non-hydrogen) atoms. The van der Waals surface area contributed by atoms with Crippen LogP contribution in [0.25, 0.3) is 11.0 Å². The van der Waals surface area contributed by atoms with Gasteiger partial charge in [0.15, 0.2) is 0 Å². The molecule has 2 aromatic heterocycles. The molecule has 0 amide bonds. The smallest absolute Gasteiger partial charge is 0.145 e. The van der Waals surface area contributed by atoms with Gasteiger partial charge in [0.1, 0.15) is 18.7 Å². The van der Waals surface area contributed by atoms with E-state index in [1.165, 1.54) is 5.69 Å². The number of rotatable bonds is 8. The van der Waals surface area contributed by atoms with E-state index < -0.39 is 8.07 Å². The number of fused-ring (bicyclic) bond motifs is 1. The SMILES string of the molecule is CCCc1cc2c(CC#N)ncnc2n1COCC[Si](C)(C)C. The second kappa shape index (κ2) is 7.71. The maximum absolute atomic E-state index is 8.97. The van der Waals surface area contributed by atoms with Crippen LogP contribution in [0.1, 0.15) is 24.7 Å². The molecule has 124 valence electrons. The third-order valence-corrected chi connectivity index (χ3v) is 5.53. The largest absolute Gasteiger partial charge is 0.361 e. The Hall–Kier alpha value is -1.71. The van der Waals surface area contributed by atoms with E-state index in [0.29, 0.717) is 13.2 Å². The van der Waals surface area contributed by atoms with Gasteiger partial charge in [-0.3, -0.25) is 0 Å². The van der Waals surface area contributed by atoms with Crippen LogP contribution in [0.3, 0.4) is 0 Å². The van der Waals surface area contributed by atoms with Crippen LogP contribution in [0.5, 0.6) is 0 Å². The van der Waals surface area contributed by atoms with Gasteiger partial charge in [0.05, 0.1) is 18.2 Å². The summed E-state index contributed by atoms with van der Waals surface area (Å²) in [6, 6.07) is 5.45. The molecular weight excluding hydrogens is 304 g/mol. The number of aromatic nitrogens is 3. The van der Waals surface area contributed by atoms with Gasteiger partial charge in [-0.05, 0) is 18.5 Å². The monoisotopic (exact) mass is 330 g/mol. The third kappa shape index (κ3) is 4.63. The summed E-state index contributed by atoms with van der Waals surface area (Å²) in [5, 5.41) is 9.95. The molecule has 0 N–H and O–H groups in total. The highest BCUT2D eigenvalue weighted by atomic mass is 28.3. The van der Waals surface area contributed by atoms with Crippen LogP contribution in [-0.2, 0) is 24.3 Å². The summed E-state index contributed by atoms with van der Waals surface area (Å²) >= 11 is 0. The molecule has 6 heteroatoms. The van der Waals surface area contributed by atoms with E-state index in [0.717, 1.165) is 42.2 Å². The molecule has 0 atom stereocenters. The Morgan fingerprint density at radius 2 is 2.09 bits per heavy atom. The predicted octanol–water partition coefficient (Wildman–Crippen LogP) is 3.76. The highest BCUT2D eigenvalue weighted by Crippen LogP contribution is 2.22. The molecule has 2 heterocycles. The Kier molecular flexibility index (Phi) is 5.91. The lowest BCUT2D eigenvalue weighted by Gasteiger charge is -2.16. The number of nitrogens with zero attached hydrogens (tertiary/aromatic N) is 4. The van der Waals surface area contributed by atoms with Gasteiger partial charge in [0.2, 0.25) is 0 Å². The number of hydrogen-bond donors (Lipinski definition) is 0. The second-order valence-corrected chi connectivity index (χ2v) is 12.7. The predicted molar refractivity (Wildman–Crippen MR) is 94.9 cm³/mol. The van der Waals surface area contributed by atoms with Crippen LogP contribution in [-0.4, -0.2) is 29.2 Å². The first-order chi connectivity index (χ1) is 11.0. The van der Waals surface area contributed by atoms with Crippen molar-refractivity contribution >= 4 is 19.1 Å². The summed E-state index contributed by atoms with van der Waals surface area (Å²) in [5.74, 6) is 0. The Bertz CT molecular complexity index is 697. The van der Waals surface area contributed by atoms with E-state index in [9.17, 15) is 0 Å². The first-order valence-corrected chi connectivity index (χ1v) is 11.9. The zero-order valence-corrected chi connectivity index (χ0v) is 15.6. The minimum atomic E-state index is -1.08. The van der Waals surface area contributed by atoms with Gasteiger partial charge in [0.25, 0.3) is 0 Å². The Morgan fingerprint density at radius 3 is 2.74 bits per heavy atom. The summed E-state index contributed by atoms with van der Waals surface area (Å²) in [7, 11) is -1.08. The summed E-state index contributed by atoms with van der Waals surface area (Å²) in [4.78, 5) is 8.68. The molecular formula is C17H26N4OSi. The van der Waals surface area contributed by atoms with E-state index in [1.54, 1.807) is 6.33 Å². The van der Waals surface area contributed by atoms with Crippen molar-refractivity contribution in [1.82, 2.24) is 14.5 Å². The lowest BCUT2D eigenvalue weighted by Crippen LogP contribution is -2.22. The van der Waals surface area contributed by atoms with Gasteiger partial charge in [-0.1, -0.05) is 33.0 Å². The van der Waals surface area contributed by atoms with Crippen molar-refractivity contribution in [3.05, 3.63) is 23.8 Å². The molecule has 0 radical (unpaired) electrons. The second-order valence-electron chi connectivity index (χ2n) is 7.05. The molecule has 0 saturated heterocycles. The quantitative estimate of drug-likeness (QED) is 0.546. The molecule has 0 aromatic carbocycles. The molecule has 5 nitrogen and oxygen atoms in total. The highest BCUT2D eigenvalue weighted by Gasteiger charge is 2.15. The van der Waals surface area contributed by atoms with E-state index in [2.05, 4.69) is 53.2 Å². The van der Waals surface area contributed by atoms with Crippen LogP contribution >= 0.6 is 0 Å². The number of nitriles is 1. The van der Waals surface area contributed by atoms with Crippen molar-refractivity contribution in [2.75, 3.05) is 6.61 Å².